The van der Waals surface area contributed by atoms with Gasteiger partial charge in [0.05, 0.1) is 5.09 Å². The van der Waals surface area contributed by atoms with Crippen LogP contribution in [-0.4, -0.2) is 124 Å². The van der Waals surface area contributed by atoms with Gasteiger partial charge < -0.3 is 37.6 Å². The molecule has 0 spiro atoms. The van der Waals surface area contributed by atoms with E-state index in [0.717, 1.165) is 6.92 Å². The van der Waals surface area contributed by atoms with Crippen molar-refractivity contribution in [1.82, 2.24) is 0 Å². The summed E-state index contributed by atoms with van der Waals surface area (Å²) in [7, 11) is 0. The maximum atomic E-state index is 8.89. The summed E-state index contributed by atoms with van der Waals surface area (Å²) in [5, 5.41) is 23.6. The third-order valence-corrected chi connectivity index (χ3v) is 0. The topological polar surface area (TPSA) is 106 Å². The Morgan fingerprint density at radius 2 is 1.17 bits per heavy atom. The van der Waals surface area contributed by atoms with Crippen LogP contribution in [0.5, 0.6) is 0 Å². The van der Waals surface area contributed by atoms with Crippen LogP contribution in [0.2, 0.25) is 0 Å². The number of carboxylic acid groups (broad SMARTS) is 1. The van der Waals surface area contributed by atoms with Gasteiger partial charge in [0.2, 0.25) is 0 Å². The van der Waals surface area contributed by atoms with Crippen LogP contribution in [0.3, 0.4) is 0 Å². The van der Waals surface area contributed by atoms with Gasteiger partial charge in [-0.05, 0) is 6.92 Å². The molecule has 0 aromatic heterocycles. The monoisotopic (exact) mass is 276 g/mol. The fourth-order valence-corrected chi connectivity index (χ4v) is 0. The molecule has 6 nitrogen and oxygen atoms in total. The number of carbonyl (C=O) groups excluding carboxylic acids is 1. The molecule has 0 aromatic carbocycles. The van der Waals surface area contributed by atoms with E-state index in [1.54, 1.807) is 0 Å². The molecule has 0 bridgehead atoms. The molecule has 0 aliphatic rings. The molecular formula is C2H3Ca3ClNO5+3. The van der Waals surface area contributed by atoms with Gasteiger partial charge >= 0.3 is 113 Å². The van der Waals surface area contributed by atoms with E-state index in [-0.39, 0.29) is 126 Å². The number of nitrogens with zero attached hydrogens (tertiary/aromatic N) is 1. The van der Waals surface area contributed by atoms with Crippen LogP contribution in [-0.2, 0) is 4.79 Å². The number of aliphatic carboxylic acids is 1. The van der Waals surface area contributed by atoms with Crippen molar-refractivity contribution >= 4 is 119 Å². The maximum Gasteiger partial charge on any atom is 2.00 e. The minimum absolute atomic E-state index is 0. The predicted molar refractivity (Wildman–Crippen MR) is 38.3 cm³/mol. The first-order chi connectivity index (χ1) is 3.46. The van der Waals surface area contributed by atoms with Crippen molar-refractivity contribution in [2.24, 2.45) is 0 Å². The van der Waals surface area contributed by atoms with Crippen LogP contribution in [0.1, 0.15) is 6.92 Å². The summed E-state index contributed by atoms with van der Waals surface area (Å²) in [6.45, 7) is 0.972. The van der Waals surface area contributed by atoms with Crippen molar-refractivity contribution in [3.63, 3.8) is 0 Å². The number of hydrogen-bond donors (Lipinski definition) is 0. The number of carboxylic acids is 1. The van der Waals surface area contributed by atoms with Gasteiger partial charge in [0, 0.05) is 5.97 Å². The molecule has 0 N–H and O–H groups in total. The van der Waals surface area contributed by atoms with Gasteiger partial charge in [0.25, 0.3) is 0 Å². The number of rotatable bonds is 0. The largest absolute Gasteiger partial charge is 2.00 e. The Morgan fingerprint density at radius 1 is 1.17 bits per heavy atom. The Kier molecular flexibility index (Phi) is 88.6. The summed E-state index contributed by atoms with van der Waals surface area (Å²) in [6, 6.07) is 0. The van der Waals surface area contributed by atoms with Gasteiger partial charge in [-0.15, -0.1) is 0 Å². The molecular weight excluding hydrogens is 274 g/mol. The zero-order valence-electron chi connectivity index (χ0n) is 6.49. The molecule has 0 heterocycles. The first kappa shape index (κ1) is 36.4. The fourth-order valence-electron chi connectivity index (χ4n) is 0. The zero-order chi connectivity index (χ0) is 7.15. The van der Waals surface area contributed by atoms with E-state index in [2.05, 4.69) is 0 Å². The summed E-state index contributed by atoms with van der Waals surface area (Å²) in [4.78, 5) is 17.1. The van der Waals surface area contributed by atoms with Gasteiger partial charge in [-0.25, -0.2) is 0 Å². The van der Waals surface area contributed by atoms with Gasteiger partial charge in [0.15, 0.2) is 0 Å². The Labute approximate surface area is 165 Å². The summed E-state index contributed by atoms with van der Waals surface area (Å²) < 4.78 is 0. The molecule has 0 aliphatic heterocycles. The van der Waals surface area contributed by atoms with E-state index in [9.17, 15) is 0 Å². The van der Waals surface area contributed by atoms with Gasteiger partial charge in [-0.2, -0.15) is 0 Å². The van der Waals surface area contributed by atoms with E-state index in [1.165, 1.54) is 0 Å². The smallest absolute Gasteiger partial charge is 1.00 e. The molecule has 0 saturated carbocycles. The van der Waals surface area contributed by atoms with Crippen molar-refractivity contribution < 1.29 is 27.4 Å². The van der Waals surface area contributed by atoms with Gasteiger partial charge in [0.1, 0.15) is 0 Å². The van der Waals surface area contributed by atoms with Gasteiger partial charge in [-0.1, -0.05) is 0 Å². The zero-order valence-corrected chi connectivity index (χ0v) is 13.9. The van der Waals surface area contributed by atoms with Crippen LogP contribution < -0.4 is 17.5 Å². The van der Waals surface area contributed by atoms with E-state index >= 15 is 0 Å². The summed E-state index contributed by atoms with van der Waals surface area (Å²) in [6.07, 6.45) is 0. The Morgan fingerprint density at radius 3 is 1.17 bits per heavy atom. The molecule has 0 aliphatic carbocycles. The molecule has 0 fully saturated rings. The van der Waals surface area contributed by atoms with Crippen LogP contribution in [0.4, 0.5) is 0 Å². The van der Waals surface area contributed by atoms with Crippen LogP contribution in [0.15, 0.2) is 0 Å². The third-order valence-electron chi connectivity index (χ3n) is 0. The van der Waals surface area contributed by atoms with Crippen LogP contribution in [0, 0.1) is 15.3 Å². The van der Waals surface area contributed by atoms with Crippen molar-refractivity contribution in [3.05, 3.63) is 15.3 Å². The molecule has 0 saturated heterocycles. The molecule has 56 valence electrons. The van der Waals surface area contributed by atoms with Gasteiger partial charge in [-0.3, -0.25) is 0 Å². The molecule has 0 radical (unpaired) electrons. The van der Waals surface area contributed by atoms with Crippen LogP contribution in [0.25, 0.3) is 0 Å². The normalized spacial score (nSPS) is 4.08. The van der Waals surface area contributed by atoms with Crippen molar-refractivity contribution in [2.75, 3.05) is 0 Å². The molecule has 0 amide bonds. The van der Waals surface area contributed by atoms with Crippen LogP contribution >= 0.6 is 0 Å². The van der Waals surface area contributed by atoms with E-state index in [4.69, 9.17) is 25.2 Å². The second kappa shape index (κ2) is 29.2. The third kappa shape index (κ3) is 234. The molecule has 0 unspecified atom stereocenters. The van der Waals surface area contributed by atoms with Crippen molar-refractivity contribution in [2.45, 2.75) is 6.92 Å². The van der Waals surface area contributed by atoms with E-state index < -0.39 is 11.1 Å². The predicted octanol–water partition coefficient (Wildman–Crippen LogP) is -5.62. The number of halogens is 1. The number of carbonyl (C=O) groups is 1. The standard InChI is InChI=1S/C2H4O2.3Ca.ClH.NO3/c1-2(3)4;;;;;2-1(3)4/h1H3,(H,3,4);;;;1H;/q;3*+2;;-1/p-2. The quantitative estimate of drug-likeness (QED) is 0.249. The van der Waals surface area contributed by atoms with Crippen molar-refractivity contribution in [3.8, 4) is 0 Å². The van der Waals surface area contributed by atoms with E-state index in [0.29, 0.717) is 0 Å². The maximum absolute atomic E-state index is 8.89. The molecule has 0 atom stereocenters. The minimum Gasteiger partial charge on any atom is -1.00 e. The summed E-state index contributed by atoms with van der Waals surface area (Å²) >= 11 is 0. The Balaban J connectivity index is -0.0000000112. The Hall–Kier alpha value is 2.74. The molecule has 12 heavy (non-hydrogen) atoms. The minimum atomic E-state index is -1.75. The summed E-state index contributed by atoms with van der Waals surface area (Å²) in [5.74, 6) is -1.08. The summed E-state index contributed by atoms with van der Waals surface area (Å²) in [5.41, 5.74) is 0. The molecule has 0 aromatic rings. The molecule has 10 heteroatoms. The first-order valence-electron chi connectivity index (χ1n) is 1.46. The first-order valence-corrected chi connectivity index (χ1v) is 1.46. The van der Waals surface area contributed by atoms with Crippen molar-refractivity contribution in [1.29, 1.82) is 0 Å². The average molecular weight is 277 g/mol. The second-order valence-corrected chi connectivity index (χ2v) is 0.715. The fraction of sp³-hybridized carbons (Fsp3) is 0.500. The number of hydrogen-bond acceptors (Lipinski definition) is 5. The average Bonchev–Trinajstić information content (AvgIpc) is 1.25. The Bertz CT molecular complexity index is 82.7. The second-order valence-electron chi connectivity index (χ2n) is 0.715. The SMILES string of the molecule is CC(=O)[O-].O=[N+]([O-])[O-].[Ca+2].[Ca+2].[Ca+2].[Cl-]. The molecule has 0 rings (SSSR count). The van der Waals surface area contributed by atoms with E-state index in [1.807, 2.05) is 0 Å².